The lowest BCUT2D eigenvalue weighted by Crippen LogP contribution is -2.45. The molecule has 0 spiro atoms. The Morgan fingerprint density at radius 2 is 1.82 bits per heavy atom. The summed E-state index contributed by atoms with van der Waals surface area (Å²) in [5, 5.41) is 2.93. The minimum absolute atomic E-state index is 0.262. The predicted molar refractivity (Wildman–Crippen MR) is 103 cm³/mol. The van der Waals surface area contributed by atoms with Crippen molar-refractivity contribution in [2.24, 2.45) is 0 Å². The molecule has 2 aromatic rings. The summed E-state index contributed by atoms with van der Waals surface area (Å²) in [6.07, 6.45) is -3.83. The van der Waals surface area contributed by atoms with Crippen LogP contribution in [-0.2, 0) is 21.0 Å². The first-order chi connectivity index (χ1) is 12.8. The molecule has 0 bridgehead atoms. The molecule has 2 rings (SSSR count). The molecule has 0 aliphatic heterocycles. The molecule has 1 atom stereocenters. The van der Waals surface area contributed by atoms with Crippen LogP contribution >= 0.6 is 11.6 Å². The van der Waals surface area contributed by atoms with Gasteiger partial charge in [0.15, 0.2) is 0 Å². The van der Waals surface area contributed by atoms with Crippen molar-refractivity contribution >= 4 is 38.9 Å². The zero-order valence-corrected chi connectivity index (χ0v) is 16.8. The Kier molecular flexibility index (Phi) is 6.30. The maximum Gasteiger partial charge on any atom is 0.416 e. The van der Waals surface area contributed by atoms with Crippen LogP contribution in [0.3, 0.4) is 0 Å². The van der Waals surface area contributed by atoms with Crippen LogP contribution in [0.4, 0.5) is 24.5 Å². The van der Waals surface area contributed by atoms with Crippen LogP contribution in [0.1, 0.15) is 18.1 Å². The van der Waals surface area contributed by atoms with E-state index in [2.05, 4.69) is 5.32 Å². The van der Waals surface area contributed by atoms with Gasteiger partial charge in [-0.2, -0.15) is 13.2 Å². The van der Waals surface area contributed by atoms with Gasteiger partial charge in [0.25, 0.3) is 0 Å². The summed E-state index contributed by atoms with van der Waals surface area (Å²) in [6.45, 7) is 3.06. The second kappa shape index (κ2) is 8.00. The Labute approximate surface area is 166 Å². The normalized spacial score (nSPS) is 13.1. The number of sulfonamides is 1. The molecule has 0 saturated heterocycles. The third-order valence-corrected chi connectivity index (χ3v) is 5.60. The Morgan fingerprint density at radius 1 is 1.18 bits per heavy atom. The topological polar surface area (TPSA) is 66.5 Å². The third kappa shape index (κ3) is 5.17. The average Bonchev–Trinajstić information content (AvgIpc) is 2.56. The van der Waals surface area contributed by atoms with E-state index < -0.39 is 33.7 Å². The van der Waals surface area contributed by atoms with Crippen LogP contribution in [0.5, 0.6) is 0 Å². The van der Waals surface area contributed by atoms with E-state index >= 15 is 0 Å². The number of carbonyl (C=O) groups excluding carboxylic acids is 1. The fourth-order valence-corrected chi connectivity index (χ4v) is 3.89. The smallest absolute Gasteiger partial charge is 0.324 e. The predicted octanol–water partition coefficient (Wildman–Crippen LogP) is 4.46. The molecule has 5 nitrogen and oxygen atoms in total. The molecule has 10 heteroatoms. The maximum atomic E-state index is 13.0. The summed E-state index contributed by atoms with van der Waals surface area (Å²) in [5.41, 5.74) is -0.155. The molecular formula is C18H18ClF3N2O3S. The van der Waals surface area contributed by atoms with Crippen molar-refractivity contribution < 1.29 is 26.4 Å². The van der Waals surface area contributed by atoms with Gasteiger partial charge in [0.1, 0.15) is 6.04 Å². The van der Waals surface area contributed by atoms with Crippen molar-refractivity contribution in [1.82, 2.24) is 0 Å². The minimum atomic E-state index is -4.65. The lowest BCUT2D eigenvalue weighted by atomic mass is 10.1. The molecule has 0 heterocycles. The number of alkyl halides is 3. The van der Waals surface area contributed by atoms with Gasteiger partial charge in [0, 0.05) is 10.7 Å². The summed E-state index contributed by atoms with van der Waals surface area (Å²) < 4.78 is 64.1. The second-order valence-electron chi connectivity index (χ2n) is 6.24. The number of hydrogen-bond acceptors (Lipinski definition) is 3. The highest BCUT2D eigenvalue weighted by Gasteiger charge is 2.34. The van der Waals surface area contributed by atoms with E-state index in [0.29, 0.717) is 21.1 Å². The van der Waals surface area contributed by atoms with Crippen molar-refractivity contribution in [2.45, 2.75) is 26.1 Å². The van der Waals surface area contributed by atoms with E-state index in [-0.39, 0.29) is 5.69 Å². The average molecular weight is 435 g/mol. The van der Waals surface area contributed by atoms with Crippen LogP contribution in [0.15, 0.2) is 42.5 Å². The Hall–Kier alpha value is -2.26. The van der Waals surface area contributed by atoms with Crippen LogP contribution in [0.2, 0.25) is 5.02 Å². The van der Waals surface area contributed by atoms with E-state index in [1.165, 1.54) is 19.1 Å². The van der Waals surface area contributed by atoms with E-state index in [4.69, 9.17) is 11.6 Å². The van der Waals surface area contributed by atoms with E-state index in [1.807, 2.05) is 0 Å². The second-order valence-corrected chi connectivity index (χ2v) is 8.50. The van der Waals surface area contributed by atoms with Gasteiger partial charge >= 0.3 is 6.18 Å². The van der Waals surface area contributed by atoms with E-state index in [9.17, 15) is 26.4 Å². The third-order valence-electron chi connectivity index (χ3n) is 3.96. The van der Waals surface area contributed by atoms with Gasteiger partial charge in [0.2, 0.25) is 15.9 Å². The molecular weight excluding hydrogens is 417 g/mol. The molecule has 2 aromatic carbocycles. The Balaban J connectivity index is 2.38. The molecule has 28 heavy (non-hydrogen) atoms. The van der Waals surface area contributed by atoms with Crippen LogP contribution in [0, 0.1) is 6.92 Å². The zero-order valence-electron chi connectivity index (χ0n) is 15.2. The van der Waals surface area contributed by atoms with Gasteiger partial charge in [-0.25, -0.2) is 8.42 Å². The first-order valence-corrected chi connectivity index (χ1v) is 10.3. The summed E-state index contributed by atoms with van der Waals surface area (Å²) >= 11 is 6.00. The maximum absolute atomic E-state index is 13.0. The lowest BCUT2D eigenvalue weighted by Gasteiger charge is -2.28. The summed E-state index contributed by atoms with van der Waals surface area (Å²) in [5.74, 6) is -0.720. The number of nitrogens with zero attached hydrogens (tertiary/aromatic N) is 1. The number of rotatable bonds is 5. The fraction of sp³-hybridized carbons (Fsp3) is 0.278. The molecule has 1 amide bonds. The highest BCUT2D eigenvalue weighted by Crippen LogP contribution is 2.33. The summed E-state index contributed by atoms with van der Waals surface area (Å²) in [6, 6.07) is 7.24. The van der Waals surface area contributed by atoms with Gasteiger partial charge in [-0.15, -0.1) is 0 Å². The van der Waals surface area contributed by atoms with Gasteiger partial charge in [0.05, 0.1) is 17.5 Å². The molecule has 152 valence electrons. The van der Waals surface area contributed by atoms with Gasteiger partial charge < -0.3 is 5.32 Å². The Morgan fingerprint density at radius 3 is 2.36 bits per heavy atom. The highest BCUT2D eigenvalue weighted by atomic mass is 35.5. The first kappa shape index (κ1) is 22.0. The number of carbonyl (C=O) groups is 1. The van der Waals surface area contributed by atoms with Gasteiger partial charge in [-0.05, 0) is 49.7 Å². The molecule has 0 saturated carbocycles. The van der Waals surface area contributed by atoms with Crippen LogP contribution < -0.4 is 9.62 Å². The molecule has 0 radical (unpaired) electrons. The summed E-state index contributed by atoms with van der Waals surface area (Å²) in [7, 11) is -4.05. The van der Waals surface area contributed by atoms with Crippen molar-refractivity contribution in [3.05, 3.63) is 58.6 Å². The van der Waals surface area contributed by atoms with E-state index in [0.717, 1.165) is 24.0 Å². The number of hydrogen-bond donors (Lipinski definition) is 1. The number of anilines is 2. The molecule has 0 unspecified atom stereocenters. The monoisotopic (exact) mass is 434 g/mol. The minimum Gasteiger partial charge on any atom is -0.324 e. The molecule has 0 aliphatic rings. The molecule has 0 aromatic heterocycles. The molecule has 1 N–H and O–H groups in total. The van der Waals surface area contributed by atoms with Gasteiger partial charge in [-0.3, -0.25) is 9.10 Å². The number of aryl methyl sites for hydroxylation is 1. The van der Waals surface area contributed by atoms with Crippen molar-refractivity contribution in [1.29, 1.82) is 0 Å². The first-order valence-electron chi connectivity index (χ1n) is 8.04. The fourth-order valence-electron chi connectivity index (χ4n) is 2.55. The lowest BCUT2D eigenvalue weighted by molar-refractivity contribution is -0.137. The molecule has 0 fully saturated rings. The SMILES string of the molecule is Cc1ccc(NC(=O)[C@H](C)N(c2cccc(C(F)(F)F)c2)S(C)(=O)=O)cc1Cl. The van der Waals surface area contributed by atoms with Crippen LogP contribution in [-0.4, -0.2) is 26.6 Å². The van der Waals surface area contributed by atoms with Gasteiger partial charge in [-0.1, -0.05) is 23.7 Å². The quantitative estimate of drug-likeness (QED) is 0.755. The largest absolute Gasteiger partial charge is 0.416 e. The van der Waals surface area contributed by atoms with Crippen LogP contribution in [0.25, 0.3) is 0 Å². The summed E-state index contributed by atoms with van der Waals surface area (Å²) in [4.78, 5) is 12.6. The Bertz CT molecular complexity index is 994. The van der Waals surface area contributed by atoms with Crippen molar-refractivity contribution in [3.63, 3.8) is 0 Å². The zero-order chi connectivity index (χ0) is 21.3. The number of nitrogens with one attached hydrogen (secondary N) is 1. The van der Waals surface area contributed by atoms with Crippen molar-refractivity contribution in [3.8, 4) is 0 Å². The number of amides is 1. The molecule has 0 aliphatic carbocycles. The van der Waals surface area contributed by atoms with E-state index in [1.54, 1.807) is 19.1 Å². The standard InChI is InChI=1S/C18H18ClF3N2O3S/c1-11-7-8-14(10-16(11)19)23-17(25)12(2)24(28(3,26)27)15-6-4-5-13(9-15)18(20,21)22/h4-10,12H,1-3H3,(H,23,25)/t12-/m0/s1. The number of benzene rings is 2. The number of halogens is 4. The highest BCUT2D eigenvalue weighted by molar-refractivity contribution is 7.92. The van der Waals surface area contributed by atoms with Crippen molar-refractivity contribution in [2.75, 3.05) is 15.9 Å².